The lowest BCUT2D eigenvalue weighted by Crippen LogP contribution is -2.23. The number of anilines is 1. The van der Waals surface area contributed by atoms with Crippen LogP contribution in [0.1, 0.15) is 22.4 Å². The van der Waals surface area contributed by atoms with E-state index in [1.807, 2.05) is 38.1 Å². The second-order valence-electron chi connectivity index (χ2n) is 6.39. The SMILES string of the molecule is Cc1cccc(Cn2c(C)cc(NCc3ccc(F)cc3F)cc2=O)c1. The molecule has 5 heteroatoms. The molecule has 3 rings (SSSR count). The molecule has 26 heavy (non-hydrogen) atoms. The van der Waals surface area contributed by atoms with Crippen molar-refractivity contribution in [3.63, 3.8) is 0 Å². The van der Waals surface area contributed by atoms with Crippen LogP contribution in [-0.2, 0) is 13.1 Å². The normalized spacial score (nSPS) is 10.8. The lowest BCUT2D eigenvalue weighted by atomic mass is 10.1. The number of nitrogens with zero attached hydrogens (tertiary/aromatic N) is 1. The zero-order valence-electron chi connectivity index (χ0n) is 14.7. The van der Waals surface area contributed by atoms with Gasteiger partial charge >= 0.3 is 0 Å². The third kappa shape index (κ3) is 4.17. The first-order valence-corrected chi connectivity index (χ1v) is 8.37. The van der Waals surface area contributed by atoms with Crippen molar-refractivity contribution in [2.75, 3.05) is 5.32 Å². The third-order valence-corrected chi connectivity index (χ3v) is 4.26. The molecule has 0 saturated carbocycles. The van der Waals surface area contributed by atoms with E-state index in [4.69, 9.17) is 0 Å². The molecule has 2 aromatic carbocycles. The molecule has 0 radical (unpaired) electrons. The van der Waals surface area contributed by atoms with Gasteiger partial charge in [-0.3, -0.25) is 4.79 Å². The number of halogens is 2. The lowest BCUT2D eigenvalue weighted by Gasteiger charge is -2.13. The van der Waals surface area contributed by atoms with Crippen molar-refractivity contribution in [3.8, 4) is 0 Å². The maximum Gasteiger partial charge on any atom is 0.253 e. The molecule has 0 aliphatic carbocycles. The van der Waals surface area contributed by atoms with E-state index in [9.17, 15) is 13.6 Å². The Balaban J connectivity index is 1.77. The molecular weight excluding hydrogens is 334 g/mol. The number of hydrogen-bond acceptors (Lipinski definition) is 2. The summed E-state index contributed by atoms with van der Waals surface area (Å²) in [6.45, 7) is 4.55. The fourth-order valence-electron chi connectivity index (χ4n) is 2.89. The molecule has 1 heterocycles. The number of rotatable bonds is 5. The Hall–Kier alpha value is -2.95. The first kappa shape index (κ1) is 17.9. The molecule has 0 aliphatic rings. The highest BCUT2D eigenvalue weighted by Crippen LogP contribution is 2.14. The number of aromatic nitrogens is 1. The third-order valence-electron chi connectivity index (χ3n) is 4.26. The van der Waals surface area contributed by atoms with Crippen LogP contribution in [0, 0.1) is 25.5 Å². The zero-order valence-corrected chi connectivity index (χ0v) is 14.7. The summed E-state index contributed by atoms with van der Waals surface area (Å²) in [5, 5.41) is 3.03. The number of pyridine rings is 1. The number of benzene rings is 2. The van der Waals surface area contributed by atoms with Crippen LogP contribution in [0.3, 0.4) is 0 Å². The standard InChI is InChI=1S/C21H20F2N2O/c1-14-4-3-5-16(8-14)13-25-15(2)9-19(11-21(25)26)24-12-17-6-7-18(22)10-20(17)23/h3-11,24H,12-13H2,1-2H3. The molecule has 3 aromatic rings. The molecule has 3 nitrogen and oxygen atoms in total. The Labute approximate surface area is 150 Å². The Kier molecular flexibility index (Phi) is 5.16. The Morgan fingerprint density at radius 1 is 1.00 bits per heavy atom. The largest absolute Gasteiger partial charge is 0.381 e. The molecule has 1 aromatic heterocycles. The zero-order chi connectivity index (χ0) is 18.7. The highest BCUT2D eigenvalue weighted by molar-refractivity contribution is 5.44. The van der Waals surface area contributed by atoms with Crippen LogP contribution in [0.2, 0.25) is 0 Å². The van der Waals surface area contributed by atoms with Gasteiger partial charge in [0.15, 0.2) is 0 Å². The summed E-state index contributed by atoms with van der Waals surface area (Å²) < 4.78 is 28.4. The fourth-order valence-corrected chi connectivity index (χ4v) is 2.89. The fraction of sp³-hybridized carbons (Fsp3) is 0.190. The minimum atomic E-state index is -0.610. The molecule has 1 N–H and O–H groups in total. The van der Waals surface area contributed by atoms with Crippen LogP contribution >= 0.6 is 0 Å². The quantitative estimate of drug-likeness (QED) is 0.737. The average Bonchev–Trinajstić information content (AvgIpc) is 2.57. The summed E-state index contributed by atoms with van der Waals surface area (Å²) in [5.74, 6) is -1.22. The first-order valence-electron chi connectivity index (χ1n) is 8.37. The van der Waals surface area contributed by atoms with Crippen molar-refractivity contribution >= 4 is 5.69 Å². The van der Waals surface area contributed by atoms with Crippen LogP contribution in [0.5, 0.6) is 0 Å². The minimum absolute atomic E-state index is 0.131. The second kappa shape index (κ2) is 7.52. The molecule has 0 unspecified atom stereocenters. The summed E-state index contributed by atoms with van der Waals surface area (Å²) in [6, 6.07) is 14.8. The topological polar surface area (TPSA) is 34.0 Å². The van der Waals surface area contributed by atoms with Gasteiger partial charge in [0.2, 0.25) is 0 Å². The number of hydrogen-bond donors (Lipinski definition) is 1. The first-order chi connectivity index (χ1) is 12.4. The summed E-state index contributed by atoms with van der Waals surface area (Å²) in [6.07, 6.45) is 0. The Morgan fingerprint density at radius 2 is 1.81 bits per heavy atom. The van der Waals surface area contributed by atoms with Gasteiger partial charge < -0.3 is 9.88 Å². The van der Waals surface area contributed by atoms with Crippen LogP contribution in [-0.4, -0.2) is 4.57 Å². The van der Waals surface area contributed by atoms with Gasteiger partial charge in [-0.2, -0.15) is 0 Å². The molecule has 0 aliphatic heterocycles. The van der Waals surface area contributed by atoms with E-state index in [0.29, 0.717) is 17.8 Å². The van der Waals surface area contributed by atoms with Gasteiger partial charge in [-0.25, -0.2) is 8.78 Å². The van der Waals surface area contributed by atoms with Crippen molar-refractivity contribution in [3.05, 3.63) is 99.0 Å². The van der Waals surface area contributed by atoms with Crippen molar-refractivity contribution in [2.45, 2.75) is 26.9 Å². The van der Waals surface area contributed by atoms with E-state index in [1.165, 1.54) is 18.2 Å². The van der Waals surface area contributed by atoms with Gasteiger partial charge in [-0.1, -0.05) is 35.9 Å². The monoisotopic (exact) mass is 354 g/mol. The lowest BCUT2D eigenvalue weighted by molar-refractivity contribution is 0.574. The van der Waals surface area contributed by atoms with Crippen LogP contribution < -0.4 is 10.9 Å². The summed E-state index contributed by atoms with van der Waals surface area (Å²) in [4.78, 5) is 12.5. The molecule has 0 amide bonds. The molecule has 0 spiro atoms. The summed E-state index contributed by atoms with van der Waals surface area (Å²) in [7, 11) is 0. The van der Waals surface area contributed by atoms with Gasteiger partial charge in [-0.15, -0.1) is 0 Å². The van der Waals surface area contributed by atoms with Gasteiger partial charge in [0, 0.05) is 35.6 Å². The van der Waals surface area contributed by atoms with Crippen LogP contribution in [0.4, 0.5) is 14.5 Å². The van der Waals surface area contributed by atoms with E-state index in [2.05, 4.69) is 11.4 Å². The van der Waals surface area contributed by atoms with Crippen molar-refractivity contribution in [1.29, 1.82) is 0 Å². The van der Waals surface area contributed by atoms with Gasteiger partial charge in [0.25, 0.3) is 5.56 Å². The van der Waals surface area contributed by atoms with Crippen LogP contribution in [0.15, 0.2) is 59.4 Å². The second-order valence-corrected chi connectivity index (χ2v) is 6.39. The van der Waals surface area contributed by atoms with Crippen LogP contribution in [0.25, 0.3) is 0 Å². The molecule has 0 atom stereocenters. The van der Waals surface area contributed by atoms with Crippen molar-refractivity contribution in [2.24, 2.45) is 0 Å². The molecular formula is C21H20F2N2O. The van der Waals surface area contributed by atoms with Gasteiger partial charge in [-0.05, 0) is 31.5 Å². The number of nitrogens with one attached hydrogen (secondary N) is 1. The average molecular weight is 354 g/mol. The van der Waals surface area contributed by atoms with E-state index in [1.54, 1.807) is 4.57 Å². The maximum absolute atomic E-state index is 13.7. The van der Waals surface area contributed by atoms with Crippen molar-refractivity contribution < 1.29 is 8.78 Å². The van der Waals surface area contributed by atoms with E-state index >= 15 is 0 Å². The highest BCUT2D eigenvalue weighted by Gasteiger charge is 2.07. The van der Waals surface area contributed by atoms with Gasteiger partial charge in [0.1, 0.15) is 11.6 Å². The maximum atomic E-state index is 13.7. The predicted molar refractivity (Wildman–Crippen MR) is 99.4 cm³/mol. The highest BCUT2D eigenvalue weighted by atomic mass is 19.1. The molecule has 0 saturated heterocycles. The molecule has 134 valence electrons. The molecule has 0 bridgehead atoms. The van der Waals surface area contributed by atoms with E-state index in [0.717, 1.165) is 22.9 Å². The summed E-state index contributed by atoms with van der Waals surface area (Å²) >= 11 is 0. The van der Waals surface area contributed by atoms with Crippen molar-refractivity contribution in [1.82, 2.24) is 4.57 Å². The van der Waals surface area contributed by atoms with E-state index < -0.39 is 11.6 Å². The minimum Gasteiger partial charge on any atom is -0.381 e. The summed E-state index contributed by atoms with van der Waals surface area (Å²) in [5.41, 5.74) is 3.83. The Bertz CT molecular complexity index is 996. The van der Waals surface area contributed by atoms with Gasteiger partial charge in [0.05, 0.1) is 6.54 Å². The molecule has 0 fully saturated rings. The van der Waals surface area contributed by atoms with E-state index in [-0.39, 0.29) is 12.1 Å². The number of aryl methyl sites for hydroxylation is 2. The smallest absolute Gasteiger partial charge is 0.253 e. The Morgan fingerprint density at radius 3 is 2.50 bits per heavy atom. The predicted octanol–water partition coefficient (Wildman–Crippen LogP) is 4.40.